The van der Waals surface area contributed by atoms with E-state index in [0.29, 0.717) is 12.3 Å². The predicted molar refractivity (Wildman–Crippen MR) is 102 cm³/mol. The number of carbonyl (C=O) groups excluding carboxylic acids is 2. The highest BCUT2D eigenvalue weighted by atomic mass is 16.5. The van der Waals surface area contributed by atoms with E-state index in [9.17, 15) is 9.59 Å². The van der Waals surface area contributed by atoms with E-state index in [-0.39, 0.29) is 24.8 Å². The third kappa shape index (κ3) is 4.63. The number of nitrogens with one attached hydrogen (secondary N) is 1. The van der Waals surface area contributed by atoms with Gasteiger partial charge < -0.3 is 20.4 Å². The van der Waals surface area contributed by atoms with Crippen molar-refractivity contribution in [2.75, 3.05) is 6.61 Å². The number of hydrogen-bond donors (Lipinski definition) is 2. The van der Waals surface area contributed by atoms with E-state index in [4.69, 9.17) is 10.5 Å². The molecule has 27 heavy (non-hydrogen) atoms. The average molecular weight is 366 g/mol. The summed E-state index contributed by atoms with van der Waals surface area (Å²) in [5.74, 6) is 0.745. The first kappa shape index (κ1) is 18.4. The fraction of sp³-hybridized carbons (Fsp3) is 0.250. The highest BCUT2D eigenvalue weighted by Crippen LogP contribution is 2.16. The number of nitrogens with two attached hydrogens (primary N) is 1. The van der Waals surface area contributed by atoms with Crippen LogP contribution in [-0.2, 0) is 29.1 Å². The molecule has 0 aliphatic carbocycles. The molecule has 0 fully saturated rings. The molecule has 1 aromatic heterocycles. The summed E-state index contributed by atoms with van der Waals surface area (Å²) in [6, 6.07) is 14.8. The van der Waals surface area contributed by atoms with Gasteiger partial charge in [0.25, 0.3) is 5.91 Å². The number of amides is 2. The summed E-state index contributed by atoms with van der Waals surface area (Å²) >= 11 is 0. The van der Waals surface area contributed by atoms with Crippen molar-refractivity contribution in [3.8, 4) is 5.75 Å². The minimum absolute atomic E-state index is 0.0957. The summed E-state index contributed by atoms with van der Waals surface area (Å²) in [5.41, 5.74) is 7.93. The van der Waals surface area contributed by atoms with Gasteiger partial charge in [0, 0.05) is 6.54 Å². The molecule has 0 aliphatic rings. The van der Waals surface area contributed by atoms with E-state index < -0.39 is 0 Å². The number of carbonyl (C=O) groups is 2. The summed E-state index contributed by atoms with van der Waals surface area (Å²) in [6.45, 7) is 3.06. The zero-order valence-electron chi connectivity index (χ0n) is 15.1. The Kier molecular flexibility index (Phi) is 5.71. The third-order valence-corrected chi connectivity index (χ3v) is 4.17. The zero-order valence-corrected chi connectivity index (χ0v) is 15.1. The molecular weight excluding hydrogens is 344 g/mol. The number of nitrogens with zero attached hydrogens (tertiary/aromatic N) is 2. The van der Waals surface area contributed by atoms with Crippen molar-refractivity contribution < 1.29 is 14.3 Å². The van der Waals surface area contributed by atoms with Crippen LogP contribution in [0.15, 0.2) is 48.5 Å². The van der Waals surface area contributed by atoms with Gasteiger partial charge in [-0.2, -0.15) is 0 Å². The van der Waals surface area contributed by atoms with Gasteiger partial charge in [0.1, 0.15) is 11.6 Å². The Morgan fingerprint density at radius 3 is 2.59 bits per heavy atom. The second-order valence-electron chi connectivity index (χ2n) is 6.11. The maximum absolute atomic E-state index is 12.1. The number of aryl methyl sites for hydroxylation is 1. The van der Waals surface area contributed by atoms with Crippen LogP contribution in [0.4, 0.5) is 0 Å². The van der Waals surface area contributed by atoms with E-state index in [2.05, 4.69) is 14.9 Å². The number of imidazole rings is 1. The molecule has 2 amide bonds. The average Bonchev–Trinajstić information content (AvgIpc) is 3.03. The molecule has 3 aromatic rings. The topological polar surface area (TPSA) is 99.2 Å². The van der Waals surface area contributed by atoms with E-state index in [1.54, 1.807) is 24.3 Å². The van der Waals surface area contributed by atoms with Crippen molar-refractivity contribution in [1.29, 1.82) is 0 Å². The van der Waals surface area contributed by atoms with Gasteiger partial charge in [-0.3, -0.25) is 9.59 Å². The Morgan fingerprint density at radius 2 is 1.89 bits per heavy atom. The highest BCUT2D eigenvalue weighted by molar-refractivity contribution is 5.78. The molecule has 0 saturated heterocycles. The van der Waals surface area contributed by atoms with E-state index in [1.807, 2.05) is 31.2 Å². The third-order valence-electron chi connectivity index (χ3n) is 4.17. The van der Waals surface area contributed by atoms with Crippen LogP contribution in [0.3, 0.4) is 0 Å². The number of primary amides is 1. The Hall–Kier alpha value is -3.35. The quantitative estimate of drug-likeness (QED) is 0.635. The van der Waals surface area contributed by atoms with Crippen LogP contribution in [0, 0.1) is 0 Å². The normalized spacial score (nSPS) is 10.7. The summed E-state index contributed by atoms with van der Waals surface area (Å²) in [7, 11) is 0. The van der Waals surface area contributed by atoms with Gasteiger partial charge in [0.2, 0.25) is 5.91 Å². The van der Waals surface area contributed by atoms with Crippen LogP contribution in [0.25, 0.3) is 11.0 Å². The van der Waals surface area contributed by atoms with Gasteiger partial charge in [0.15, 0.2) is 6.61 Å². The van der Waals surface area contributed by atoms with Crippen molar-refractivity contribution in [2.45, 2.75) is 26.4 Å². The maximum atomic E-state index is 12.1. The zero-order chi connectivity index (χ0) is 19.2. The Balaban J connectivity index is 1.53. The van der Waals surface area contributed by atoms with Crippen LogP contribution in [-0.4, -0.2) is 28.0 Å². The van der Waals surface area contributed by atoms with Crippen LogP contribution in [0.5, 0.6) is 5.75 Å². The van der Waals surface area contributed by atoms with Crippen molar-refractivity contribution in [3.05, 3.63) is 59.9 Å². The summed E-state index contributed by atoms with van der Waals surface area (Å²) in [5, 5.41) is 2.83. The molecule has 0 spiro atoms. The van der Waals surface area contributed by atoms with Gasteiger partial charge in [-0.15, -0.1) is 0 Å². The van der Waals surface area contributed by atoms with Gasteiger partial charge in [-0.05, 0) is 36.8 Å². The number of hydrogen-bond acceptors (Lipinski definition) is 4. The lowest BCUT2D eigenvalue weighted by molar-refractivity contribution is -0.123. The number of ether oxygens (including phenoxy) is 1. The highest BCUT2D eigenvalue weighted by Gasteiger charge is 2.10. The standard InChI is InChI=1S/C20H22N4O3/c1-2-24-17-6-4-3-5-16(17)23-19(24)12-22-20(26)13-27-15-9-7-14(8-10-15)11-18(21)25/h3-10H,2,11-13H2,1H3,(H2,21,25)(H,22,26). The second kappa shape index (κ2) is 8.35. The lowest BCUT2D eigenvalue weighted by atomic mass is 10.1. The molecule has 1 heterocycles. The molecule has 2 aromatic carbocycles. The van der Waals surface area contributed by atoms with Crippen molar-refractivity contribution in [3.63, 3.8) is 0 Å². The predicted octanol–water partition coefficient (Wildman–Crippen LogP) is 1.78. The molecule has 0 aliphatic heterocycles. The number of fused-ring (bicyclic) bond motifs is 1. The molecule has 0 saturated carbocycles. The van der Waals surface area contributed by atoms with Crippen LogP contribution in [0.1, 0.15) is 18.3 Å². The molecule has 0 atom stereocenters. The van der Waals surface area contributed by atoms with Crippen LogP contribution >= 0.6 is 0 Å². The van der Waals surface area contributed by atoms with E-state index in [0.717, 1.165) is 29.0 Å². The van der Waals surface area contributed by atoms with Crippen LogP contribution in [0.2, 0.25) is 0 Å². The number of para-hydroxylation sites is 2. The molecule has 0 radical (unpaired) electrons. The fourth-order valence-corrected chi connectivity index (χ4v) is 2.90. The van der Waals surface area contributed by atoms with E-state index in [1.165, 1.54) is 0 Å². The molecule has 0 bridgehead atoms. The van der Waals surface area contributed by atoms with Crippen molar-refractivity contribution in [2.24, 2.45) is 5.73 Å². The molecule has 140 valence electrons. The van der Waals surface area contributed by atoms with Crippen molar-refractivity contribution >= 4 is 22.8 Å². The minimum Gasteiger partial charge on any atom is -0.484 e. The molecule has 7 nitrogen and oxygen atoms in total. The smallest absolute Gasteiger partial charge is 0.258 e. The Morgan fingerprint density at radius 1 is 1.15 bits per heavy atom. The van der Waals surface area contributed by atoms with E-state index >= 15 is 0 Å². The fourth-order valence-electron chi connectivity index (χ4n) is 2.90. The Labute approximate surface area is 157 Å². The maximum Gasteiger partial charge on any atom is 0.258 e. The molecule has 3 N–H and O–H groups in total. The van der Waals surface area contributed by atoms with Gasteiger partial charge in [-0.25, -0.2) is 4.98 Å². The van der Waals surface area contributed by atoms with Gasteiger partial charge >= 0.3 is 0 Å². The second-order valence-corrected chi connectivity index (χ2v) is 6.11. The lowest BCUT2D eigenvalue weighted by Gasteiger charge is -2.09. The molecule has 7 heteroatoms. The SMILES string of the molecule is CCn1c(CNC(=O)COc2ccc(CC(N)=O)cc2)nc2ccccc21. The first-order valence-corrected chi connectivity index (χ1v) is 8.77. The summed E-state index contributed by atoms with van der Waals surface area (Å²) in [4.78, 5) is 27.6. The molecule has 3 rings (SSSR count). The monoisotopic (exact) mass is 366 g/mol. The lowest BCUT2D eigenvalue weighted by Crippen LogP contribution is -2.29. The summed E-state index contributed by atoms with van der Waals surface area (Å²) < 4.78 is 7.55. The Bertz CT molecular complexity index is 948. The van der Waals surface area contributed by atoms with Gasteiger partial charge in [0.05, 0.1) is 24.0 Å². The van der Waals surface area contributed by atoms with Crippen molar-refractivity contribution in [1.82, 2.24) is 14.9 Å². The minimum atomic E-state index is -0.388. The first-order chi connectivity index (χ1) is 13.1. The molecule has 0 unspecified atom stereocenters. The van der Waals surface area contributed by atoms with Crippen LogP contribution < -0.4 is 15.8 Å². The first-order valence-electron chi connectivity index (χ1n) is 8.77. The van der Waals surface area contributed by atoms with Gasteiger partial charge in [-0.1, -0.05) is 24.3 Å². The number of benzene rings is 2. The summed E-state index contributed by atoms with van der Waals surface area (Å²) in [6.07, 6.45) is 0.180. The number of rotatable bonds is 8. The molecular formula is C20H22N4O3. The largest absolute Gasteiger partial charge is 0.484 e. The number of aromatic nitrogens is 2.